The fourth-order valence-electron chi connectivity index (χ4n) is 6.42. The van der Waals surface area contributed by atoms with Crippen molar-refractivity contribution in [1.29, 1.82) is 10.5 Å². The molecule has 2 aliphatic rings. The Morgan fingerprint density at radius 1 is 0.531 bits per heavy atom. The van der Waals surface area contributed by atoms with Gasteiger partial charge in [-0.2, -0.15) is 10.5 Å². The SMILES string of the molecule is CCCCC(CC)COC(=O)C(C#N)=C1Sc2c(OCCOC(=O)c3ccccc3)c3c(c(OCCOC(=O)c4ccccc4)c2S1)SC(=C(C#N)C(=O)OCC(CC)CCCC)S3. The molecule has 0 saturated heterocycles. The van der Waals surface area contributed by atoms with Crippen LogP contribution in [0.5, 0.6) is 11.5 Å². The van der Waals surface area contributed by atoms with Gasteiger partial charge in [-0.25, -0.2) is 19.2 Å². The van der Waals surface area contributed by atoms with E-state index in [4.69, 9.17) is 28.4 Å². The molecule has 3 aromatic carbocycles. The van der Waals surface area contributed by atoms with Crippen LogP contribution in [-0.2, 0) is 28.5 Å². The predicted octanol–water partition coefficient (Wildman–Crippen LogP) is 11.5. The summed E-state index contributed by atoms with van der Waals surface area (Å²) in [5, 5.41) is 20.7. The number of benzene rings is 3. The molecule has 0 aromatic heterocycles. The quantitative estimate of drug-likeness (QED) is 0.0273. The van der Waals surface area contributed by atoms with Crippen molar-refractivity contribution >= 4 is 70.9 Å². The van der Waals surface area contributed by atoms with Gasteiger partial charge >= 0.3 is 23.9 Å². The maximum absolute atomic E-state index is 13.6. The monoisotopic (exact) mass is 944 g/mol. The summed E-state index contributed by atoms with van der Waals surface area (Å²) in [7, 11) is 0. The summed E-state index contributed by atoms with van der Waals surface area (Å²) in [6.45, 7) is 8.23. The van der Waals surface area contributed by atoms with Crippen molar-refractivity contribution in [2.75, 3.05) is 39.6 Å². The minimum atomic E-state index is -0.746. The number of nitriles is 2. The molecule has 2 heterocycles. The van der Waals surface area contributed by atoms with Gasteiger partial charge in [-0.1, -0.05) is 150 Å². The van der Waals surface area contributed by atoms with Crippen molar-refractivity contribution < 1.29 is 47.6 Å². The Bertz CT molecular complexity index is 2070. The van der Waals surface area contributed by atoms with Gasteiger partial charge in [-0.15, -0.1) is 0 Å². The molecule has 64 heavy (non-hydrogen) atoms. The molecule has 0 N–H and O–H groups in total. The molecule has 0 amide bonds. The number of fused-ring (bicyclic) bond motifs is 2. The van der Waals surface area contributed by atoms with Crippen LogP contribution in [0.4, 0.5) is 0 Å². The third kappa shape index (κ3) is 13.5. The van der Waals surface area contributed by atoms with Crippen LogP contribution in [0, 0.1) is 34.5 Å². The standard InChI is InChI=1S/C48H52N2O10S4/c1-5-9-17-31(7-3)29-59-45(53)35(27-49)47-61-39-37(55-23-25-57-43(51)33-19-13-11-14-20-33)41-42(38(40(39)62-47)56-24-26-58-44(52)34-21-15-12-16-22-34)64-48(63-41)36(28-50)46(54)60-30-32(8-4)18-10-6-2/h11-16,19-22,31-32H,5-10,17-18,23-26,29-30H2,1-4H3. The van der Waals surface area contributed by atoms with Gasteiger partial charge in [0.25, 0.3) is 0 Å². The van der Waals surface area contributed by atoms with E-state index in [1.807, 2.05) is 13.8 Å². The van der Waals surface area contributed by atoms with Crippen molar-refractivity contribution in [3.63, 3.8) is 0 Å². The summed E-state index contributed by atoms with van der Waals surface area (Å²) in [5.41, 5.74) is 0.396. The molecule has 12 nitrogen and oxygen atoms in total. The normalized spacial score (nSPS) is 13.3. The molecule has 338 valence electrons. The molecule has 2 aliphatic heterocycles. The summed E-state index contributed by atoms with van der Waals surface area (Å²) in [5.74, 6) is -1.61. The van der Waals surface area contributed by atoms with E-state index in [-0.39, 0.29) is 62.6 Å². The molecule has 16 heteroatoms. The first kappa shape index (κ1) is 50.0. The van der Waals surface area contributed by atoms with Crippen molar-refractivity contribution in [2.45, 2.75) is 98.6 Å². The Morgan fingerprint density at radius 3 is 1.20 bits per heavy atom. The highest BCUT2D eigenvalue weighted by Gasteiger charge is 2.40. The lowest BCUT2D eigenvalue weighted by atomic mass is 10.0. The molecule has 5 rings (SSSR count). The fraction of sp³-hybridized carbons (Fsp3) is 0.417. The molecule has 2 unspecified atom stereocenters. The van der Waals surface area contributed by atoms with Crippen LogP contribution < -0.4 is 9.47 Å². The average molecular weight is 945 g/mol. The van der Waals surface area contributed by atoms with Crippen LogP contribution in [0.2, 0.25) is 0 Å². The minimum absolute atomic E-state index is 0.0890. The second kappa shape index (κ2) is 26.1. The van der Waals surface area contributed by atoms with E-state index in [1.165, 1.54) is 0 Å². The Hall–Kier alpha value is -5.00. The van der Waals surface area contributed by atoms with E-state index in [9.17, 15) is 29.7 Å². The van der Waals surface area contributed by atoms with E-state index >= 15 is 0 Å². The lowest BCUT2D eigenvalue weighted by Gasteiger charge is -2.18. The highest BCUT2D eigenvalue weighted by atomic mass is 32.2. The molecule has 0 aliphatic carbocycles. The second-order valence-corrected chi connectivity index (χ2v) is 19.3. The number of unbranched alkanes of at least 4 members (excludes halogenated alkanes) is 2. The highest BCUT2D eigenvalue weighted by Crippen LogP contribution is 2.68. The molecule has 0 saturated carbocycles. The molecule has 2 atom stereocenters. The van der Waals surface area contributed by atoms with E-state index in [2.05, 4.69) is 26.0 Å². The number of esters is 4. The number of carbonyl (C=O) groups is 4. The largest absolute Gasteiger partial charge is 0.488 e. The summed E-state index contributed by atoms with van der Waals surface area (Å²) >= 11 is 4.51. The first-order chi connectivity index (χ1) is 31.2. The topological polar surface area (TPSA) is 171 Å². The van der Waals surface area contributed by atoms with Gasteiger partial charge in [0.05, 0.1) is 52.4 Å². The van der Waals surface area contributed by atoms with Crippen molar-refractivity contribution in [1.82, 2.24) is 0 Å². The van der Waals surface area contributed by atoms with Gasteiger partial charge in [0, 0.05) is 0 Å². The molecule has 0 bridgehead atoms. The molecule has 0 radical (unpaired) electrons. The maximum atomic E-state index is 13.6. The molecular weight excluding hydrogens is 893 g/mol. The Morgan fingerprint density at radius 2 is 0.891 bits per heavy atom. The number of carbonyl (C=O) groups excluding carboxylic acids is 4. The third-order valence-corrected chi connectivity index (χ3v) is 15.4. The number of nitrogens with zero attached hydrogens (tertiary/aromatic N) is 2. The van der Waals surface area contributed by atoms with Gasteiger partial charge in [0.15, 0.2) is 11.1 Å². The van der Waals surface area contributed by atoms with Gasteiger partial charge in [0.2, 0.25) is 0 Å². The maximum Gasteiger partial charge on any atom is 0.350 e. The molecular formula is C48H52N2O10S4. The average Bonchev–Trinajstić information content (AvgIpc) is 3.96. The zero-order valence-corrected chi connectivity index (χ0v) is 39.7. The Balaban J connectivity index is 1.51. The zero-order chi connectivity index (χ0) is 45.8. The first-order valence-electron chi connectivity index (χ1n) is 21.5. The number of ether oxygens (including phenoxy) is 6. The molecule has 3 aromatic rings. The van der Waals surface area contributed by atoms with Crippen LogP contribution in [-0.4, -0.2) is 63.5 Å². The lowest BCUT2D eigenvalue weighted by molar-refractivity contribution is -0.140. The summed E-state index contributed by atoms with van der Waals surface area (Å²) in [6, 6.07) is 21.2. The van der Waals surface area contributed by atoms with Crippen LogP contribution in [0.1, 0.15) is 99.8 Å². The van der Waals surface area contributed by atoms with Crippen LogP contribution in [0.15, 0.2) is 99.9 Å². The number of hydrogen-bond donors (Lipinski definition) is 0. The van der Waals surface area contributed by atoms with Gasteiger partial charge < -0.3 is 28.4 Å². The number of rotatable bonds is 24. The van der Waals surface area contributed by atoms with Crippen LogP contribution in [0.25, 0.3) is 0 Å². The summed E-state index contributed by atoms with van der Waals surface area (Å²) in [6.07, 6.45) is 7.48. The second-order valence-electron chi connectivity index (χ2n) is 14.7. The lowest BCUT2D eigenvalue weighted by Crippen LogP contribution is -2.15. The Kier molecular flexibility index (Phi) is 20.4. The van der Waals surface area contributed by atoms with Crippen LogP contribution >= 0.6 is 47.0 Å². The number of thioether (sulfide) groups is 4. The number of hydrogen-bond acceptors (Lipinski definition) is 16. The van der Waals surface area contributed by atoms with Gasteiger partial charge in [-0.05, 0) is 48.9 Å². The van der Waals surface area contributed by atoms with E-state index in [0.717, 1.165) is 98.4 Å². The summed E-state index contributed by atoms with van der Waals surface area (Å²) in [4.78, 5) is 54.7. The third-order valence-electron chi connectivity index (χ3n) is 10.2. The van der Waals surface area contributed by atoms with Crippen molar-refractivity contribution in [3.8, 4) is 23.6 Å². The van der Waals surface area contributed by atoms with E-state index < -0.39 is 23.9 Å². The molecule has 0 fully saturated rings. The molecule has 0 spiro atoms. The summed E-state index contributed by atoms with van der Waals surface area (Å²) < 4.78 is 36.0. The minimum Gasteiger partial charge on any atom is -0.488 e. The Labute approximate surface area is 392 Å². The highest BCUT2D eigenvalue weighted by molar-refractivity contribution is 8.26. The van der Waals surface area contributed by atoms with Crippen molar-refractivity contribution in [3.05, 3.63) is 91.4 Å². The van der Waals surface area contributed by atoms with Gasteiger partial charge in [-0.3, -0.25) is 0 Å². The van der Waals surface area contributed by atoms with E-state index in [1.54, 1.807) is 60.7 Å². The smallest absolute Gasteiger partial charge is 0.350 e. The van der Waals surface area contributed by atoms with Gasteiger partial charge in [0.1, 0.15) is 50.1 Å². The predicted molar refractivity (Wildman–Crippen MR) is 248 cm³/mol. The van der Waals surface area contributed by atoms with E-state index in [0.29, 0.717) is 50.7 Å². The van der Waals surface area contributed by atoms with Crippen LogP contribution in [0.3, 0.4) is 0 Å². The fourth-order valence-corrected chi connectivity index (χ4v) is 11.8. The first-order valence-corrected chi connectivity index (χ1v) is 24.7. The zero-order valence-electron chi connectivity index (χ0n) is 36.4. The van der Waals surface area contributed by atoms with Crippen molar-refractivity contribution in [2.24, 2.45) is 11.8 Å².